The molecule has 1 aromatic rings. The van der Waals surface area contributed by atoms with Crippen molar-refractivity contribution in [2.24, 2.45) is 0 Å². The molecule has 100 valence electrons. The van der Waals surface area contributed by atoms with Gasteiger partial charge in [0.1, 0.15) is 12.4 Å². The molecule has 1 N–H and O–H groups in total. The minimum Gasteiger partial charge on any atom is -0.492 e. The van der Waals surface area contributed by atoms with Gasteiger partial charge in [-0.15, -0.1) is 6.58 Å². The molecule has 2 nitrogen and oxygen atoms in total. The molecule has 0 saturated heterocycles. The summed E-state index contributed by atoms with van der Waals surface area (Å²) in [7, 11) is 0. The first-order chi connectivity index (χ1) is 8.45. The highest BCUT2D eigenvalue weighted by molar-refractivity contribution is 6.30. The van der Waals surface area contributed by atoms with Crippen LogP contribution in [0.25, 0.3) is 0 Å². The van der Waals surface area contributed by atoms with Crippen molar-refractivity contribution in [3.63, 3.8) is 0 Å². The molecule has 1 aromatic carbocycles. The predicted molar refractivity (Wildman–Crippen MR) is 78.7 cm³/mol. The minimum absolute atomic E-state index is 0.0226. The van der Waals surface area contributed by atoms with Crippen LogP contribution in [-0.4, -0.2) is 19.7 Å². The molecular weight excluding hydrogens is 246 g/mol. The Bertz CT molecular complexity index is 396. The van der Waals surface area contributed by atoms with E-state index in [4.69, 9.17) is 16.3 Å². The van der Waals surface area contributed by atoms with Crippen LogP contribution in [0, 0.1) is 0 Å². The molecule has 0 saturated carbocycles. The molecular formula is C15H22ClNO. The summed E-state index contributed by atoms with van der Waals surface area (Å²) in [4.78, 5) is 0. The van der Waals surface area contributed by atoms with Crippen LogP contribution in [0.15, 0.2) is 30.9 Å². The third kappa shape index (κ3) is 4.71. The van der Waals surface area contributed by atoms with E-state index in [-0.39, 0.29) is 5.41 Å². The number of benzene rings is 1. The van der Waals surface area contributed by atoms with Crippen LogP contribution in [0.5, 0.6) is 5.75 Å². The van der Waals surface area contributed by atoms with Crippen LogP contribution < -0.4 is 10.1 Å². The van der Waals surface area contributed by atoms with Gasteiger partial charge in [0, 0.05) is 23.7 Å². The van der Waals surface area contributed by atoms with Crippen LogP contribution in [0.2, 0.25) is 5.02 Å². The van der Waals surface area contributed by atoms with Gasteiger partial charge in [-0.3, -0.25) is 0 Å². The molecule has 18 heavy (non-hydrogen) atoms. The summed E-state index contributed by atoms with van der Waals surface area (Å²) in [6, 6.07) is 5.79. The predicted octanol–water partition coefficient (Wildman–Crippen LogP) is 3.79. The van der Waals surface area contributed by atoms with Gasteiger partial charge >= 0.3 is 0 Å². The van der Waals surface area contributed by atoms with Crippen LogP contribution in [0.3, 0.4) is 0 Å². The van der Waals surface area contributed by atoms with Gasteiger partial charge in [0.2, 0.25) is 0 Å². The monoisotopic (exact) mass is 267 g/mol. The lowest BCUT2D eigenvalue weighted by atomic mass is 9.86. The summed E-state index contributed by atoms with van der Waals surface area (Å²) in [6.07, 6.45) is 1.84. The maximum atomic E-state index is 6.05. The zero-order chi connectivity index (χ0) is 13.6. The van der Waals surface area contributed by atoms with Gasteiger partial charge in [-0.1, -0.05) is 38.4 Å². The Labute approximate surface area is 115 Å². The number of nitrogens with one attached hydrogen (secondary N) is 1. The molecule has 0 amide bonds. The average Bonchev–Trinajstić information content (AvgIpc) is 2.29. The third-order valence-corrected chi connectivity index (χ3v) is 2.81. The van der Waals surface area contributed by atoms with Crippen molar-refractivity contribution in [3.8, 4) is 5.75 Å². The van der Waals surface area contributed by atoms with E-state index >= 15 is 0 Å². The fraction of sp³-hybridized carbons (Fsp3) is 0.467. The first-order valence-electron chi connectivity index (χ1n) is 6.19. The lowest BCUT2D eigenvalue weighted by Crippen LogP contribution is -2.22. The number of rotatable bonds is 6. The maximum Gasteiger partial charge on any atom is 0.123 e. The fourth-order valence-electron chi connectivity index (χ4n) is 1.65. The van der Waals surface area contributed by atoms with Crippen molar-refractivity contribution in [2.75, 3.05) is 19.7 Å². The molecule has 0 unspecified atom stereocenters. The highest BCUT2D eigenvalue weighted by Gasteiger charge is 2.19. The highest BCUT2D eigenvalue weighted by Crippen LogP contribution is 2.33. The third-order valence-electron chi connectivity index (χ3n) is 2.57. The lowest BCUT2D eigenvalue weighted by Gasteiger charge is -2.23. The van der Waals surface area contributed by atoms with Gasteiger partial charge in [-0.05, 0) is 23.6 Å². The molecule has 0 fully saturated rings. The molecule has 0 aliphatic heterocycles. The summed E-state index contributed by atoms with van der Waals surface area (Å²) in [6.45, 7) is 12.4. The zero-order valence-electron chi connectivity index (χ0n) is 11.4. The molecule has 0 aliphatic rings. The molecule has 0 spiro atoms. The van der Waals surface area contributed by atoms with E-state index < -0.39 is 0 Å². The second-order valence-electron chi connectivity index (χ2n) is 5.23. The Morgan fingerprint density at radius 3 is 2.72 bits per heavy atom. The Morgan fingerprint density at radius 2 is 2.11 bits per heavy atom. The largest absolute Gasteiger partial charge is 0.492 e. The number of ether oxygens (including phenoxy) is 1. The van der Waals surface area contributed by atoms with E-state index in [2.05, 4.69) is 32.7 Å². The second-order valence-corrected chi connectivity index (χ2v) is 5.67. The van der Waals surface area contributed by atoms with Gasteiger partial charge in [0.05, 0.1) is 0 Å². The molecule has 3 heteroatoms. The molecule has 0 bridgehead atoms. The lowest BCUT2D eigenvalue weighted by molar-refractivity contribution is 0.308. The van der Waals surface area contributed by atoms with Crippen molar-refractivity contribution in [3.05, 3.63) is 41.4 Å². The Hall–Kier alpha value is -0.990. The molecule has 1 rings (SSSR count). The summed E-state index contributed by atoms with van der Waals surface area (Å²) >= 11 is 6.05. The summed E-state index contributed by atoms with van der Waals surface area (Å²) in [5.41, 5.74) is 1.16. The smallest absolute Gasteiger partial charge is 0.123 e. The standard InChI is InChI=1S/C15H22ClNO/c1-5-8-17-9-10-18-14-7-6-12(16)11-13(14)15(2,3)4/h5-7,11,17H,1,8-10H2,2-4H3. The van der Waals surface area contributed by atoms with Crippen LogP contribution in [0.1, 0.15) is 26.3 Å². The zero-order valence-corrected chi connectivity index (χ0v) is 12.2. The number of hydrogen-bond acceptors (Lipinski definition) is 2. The van der Waals surface area contributed by atoms with Crippen LogP contribution in [-0.2, 0) is 5.41 Å². The van der Waals surface area contributed by atoms with Gasteiger partial charge < -0.3 is 10.1 Å². The Morgan fingerprint density at radius 1 is 1.39 bits per heavy atom. The second kappa shape index (κ2) is 6.81. The van der Waals surface area contributed by atoms with E-state index in [1.807, 2.05) is 24.3 Å². The highest BCUT2D eigenvalue weighted by atomic mass is 35.5. The molecule has 0 radical (unpaired) electrons. The quantitative estimate of drug-likeness (QED) is 0.625. The maximum absolute atomic E-state index is 6.05. The van der Waals surface area contributed by atoms with E-state index in [1.165, 1.54) is 0 Å². The van der Waals surface area contributed by atoms with Gasteiger partial charge in [0.15, 0.2) is 0 Å². The summed E-state index contributed by atoms with van der Waals surface area (Å²) < 4.78 is 5.81. The van der Waals surface area contributed by atoms with Crippen molar-refractivity contribution in [1.29, 1.82) is 0 Å². The SMILES string of the molecule is C=CCNCCOc1ccc(Cl)cc1C(C)(C)C. The van der Waals surface area contributed by atoms with E-state index in [0.29, 0.717) is 6.61 Å². The van der Waals surface area contributed by atoms with Gasteiger partial charge in [-0.25, -0.2) is 0 Å². The van der Waals surface area contributed by atoms with E-state index in [0.717, 1.165) is 29.4 Å². The van der Waals surface area contributed by atoms with E-state index in [1.54, 1.807) is 0 Å². The van der Waals surface area contributed by atoms with Crippen LogP contribution in [0.4, 0.5) is 0 Å². The summed E-state index contributed by atoms with van der Waals surface area (Å²) in [5, 5.41) is 3.95. The molecule has 0 aliphatic carbocycles. The van der Waals surface area contributed by atoms with Crippen LogP contribution >= 0.6 is 11.6 Å². The Kier molecular flexibility index (Phi) is 5.70. The van der Waals surface area contributed by atoms with E-state index in [9.17, 15) is 0 Å². The molecule has 0 atom stereocenters. The van der Waals surface area contributed by atoms with Crippen molar-refractivity contribution in [1.82, 2.24) is 5.32 Å². The molecule has 0 aromatic heterocycles. The summed E-state index contributed by atoms with van der Waals surface area (Å²) in [5.74, 6) is 0.910. The molecule has 0 heterocycles. The van der Waals surface area contributed by atoms with Crippen molar-refractivity contribution >= 4 is 11.6 Å². The average molecular weight is 268 g/mol. The first kappa shape index (κ1) is 15.1. The van der Waals surface area contributed by atoms with Gasteiger partial charge in [-0.2, -0.15) is 0 Å². The topological polar surface area (TPSA) is 21.3 Å². The minimum atomic E-state index is 0.0226. The fourth-order valence-corrected chi connectivity index (χ4v) is 1.82. The van der Waals surface area contributed by atoms with Crippen molar-refractivity contribution in [2.45, 2.75) is 26.2 Å². The normalized spacial score (nSPS) is 11.3. The van der Waals surface area contributed by atoms with Gasteiger partial charge in [0.25, 0.3) is 0 Å². The number of halogens is 1. The first-order valence-corrected chi connectivity index (χ1v) is 6.57. The number of hydrogen-bond donors (Lipinski definition) is 1. The van der Waals surface area contributed by atoms with Crippen molar-refractivity contribution < 1.29 is 4.74 Å². The Balaban J connectivity index is 2.67.